The van der Waals surface area contributed by atoms with Crippen molar-refractivity contribution in [1.29, 1.82) is 0 Å². The predicted octanol–water partition coefficient (Wildman–Crippen LogP) is 2.25. The lowest BCUT2D eigenvalue weighted by molar-refractivity contribution is -0.683. The van der Waals surface area contributed by atoms with Crippen molar-refractivity contribution in [2.45, 2.75) is 13.5 Å². The number of aryl methyl sites for hydroxylation is 1. The maximum absolute atomic E-state index is 5.34. The Hall–Kier alpha value is -1.57. The topological polar surface area (TPSA) is 17.0 Å². The first-order chi connectivity index (χ1) is 6.42. The summed E-state index contributed by atoms with van der Waals surface area (Å²) < 4.78 is 7.49. The van der Waals surface area contributed by atoms with Crippen LogP contribution in [-0.2, 0) is 6.54 Å². The normalized spacial score (nSPS) is 10.2. The van der Waals surface area contributed by atoms with Crippen molar-refractivity contribution in [3.05, 3.63) is 42.8 Å². The van der Waals surface area contributed by atoms with Gasteiger partial charge in [0.05, 0.1) is 6.26 Å². The molecule has 0 saturated heterocycles. The maximum atomic E-state index is 5.34. The van der Waals surface area contributed by atoms with Gasteiger partial charge in [0.15, 0.2) is 12.0 Å². The molecule has 0 aliphatic carbocycles. The molecule has 66 valence electrons. The number of furan rings is 1. The Bertz CT molecular complexity index is 379. The van der Waals surface area contributed by atoms with Gasteiger partial charge in [0.1, 0.15) is 6.54 Å². The lowest BCUT2D eigenvalue weighted by atomic mass is 10.3. The lowest BCUT2D eigenvalue weighted by Gasteiger charge is -1.97. The molecule has 0 fully saturated rings. The number of nitrogens with zero attached hydrogens (tertiary/aromatic N) is 1. The molecule has 0 aromatic carbocycles. The largest absolute Gasteiger partial charge is 0.458 e. The van der Waals surface area contributed by atoms with Crippen LogP contribution in [0.4, 0.5) is 0 Å². The number of rotatable bonds is 2. The molecule has 2 rings (SSSR count). The molecule has 13 heavy (non-hydrogen) atoms. The van der Waals surface area contributed by atoms with E-state index in [2.05, 4.69) is 23.8 Å². The van der Waals surface area contributed by atoms with Crippen LogP contribution in [0, 0.1) is 0 Å². The molecule has 0 spiro atoms. The van der Waals surface area contributed by atoms with E-state index in [0.717, 1.165) is 18.0 Å². The third-order valence-electron chi connectivity index (χ3n) is 2.05. The molecule has 0 saturated carbocycles. The maximum Gasteiger partial charge on any atom is 0.248 e. The van der Waals surface area contributed by atoms with Gasteiger partial charge in [-0.05, 0) is 25.1 Å². The van der Waals surface area contributed by atoms with Crippen molar-refractivity contribution in [3.8, 4) is 11.5 Å². The summed E-state index contributed by atoms with van der Waals surface area (Å²) in [6.45, 7) is 3.07. The molecule has 2 nitrogen and oxygen atoms in total. The van der Waals surface area contributed by atoms with Crippen LogP contribution in [0.15, 0.2) is 47.2 Å². The Morgan fingerprint density at radius 3 is 2.85 bits per heavy atom. The minimum Gasteiger partial charge on any atom is -0.458 e. The second-order valence-corrected chi connectivity index (χ2v) is 2.85. The molecule has 0 amide bonds. The zero-order chi connectivity index (χ0) is 9.10. The zero-order valence-electron chi connectivity index (χ0n) is 7.60. The third kappa shape index (κ3) is 1.47. The summed E-state index contributed by atoms with van der Waals surface area (Å²) in [7, 11) is 0. The van der Waals surface area contributed by atoms with Gasteiger partial charge >= 0.3 is 0 Å². The SMILES string of the molecule is CC[n+]1ccccc1-c1ccco1. The average molecular weight is 174 g/mol. The molecule has 0 radical (unpaired) electrons. The summed E-state index contributed by atoms with van der Waals surface area (Å²) in [5.41, 5.74) is 1.12. The van der Waals surface area contributed by atoms with E-state index < -0.39 is 0 Å². The van der Waals surface area contributed by atoms with E-state index in [-0.39, 0.29) is 0 Å². The van der Waals surface area contributed by atoms with Crippen molar-refractivity contribution in [1.82, 2.24) is 0 Å². The molecule has 0 unspecified atom stereocenters. The summed E-state index contributed by atoms with van der Waals surface area (Å²) in [6.07, 6.45) is 3.75. The summed E-state index contributed by atoms with van der Waals surface area (Å²) in [5.74, 6) is 0.919. The molecule has 0 N–H and O–H groups in total. The van der Waals surface area contributed by atoms with Gasteiger partial charge in [-0.15, -0.1) is 0 Å². The van der Waals surface area contributed by atoms with E-state index >= 15 is 0 Å². The summed E-state index contributed by atoms with van der Waals surface area (Å²) in [4.78, 5) is 0. The van der Waals surface area contributed by atoms with E-state index in [1.165, 1.54) is 0 Å². The van der Waals surface area contributed by atoms with Gasteiger partial charge < -0.3 is 4.42 Å². The minimum atomic E-state index is 0.919. The molecule has 2 aromatic heterocycles. The van der Waals surface area contributed by atoms with E-state index in [1.54, 1.807) is 6.26 Å². The first kappa shape index (κ1) is 8.05. The molecule has 0 atom stereocenters. The minimum absolute atomic E-state index is 0.919. The first-order valence-corrected chi connectivity index (χ1v) is 4.44. The third-order valence-corrected chi connectivity index (χ3v) is 2.05. The van der Waals surface area contributed by atoms with Gasteiger partial charge in [0.25, 0.3) is 0 Å². The van der Waals surface area contributed by atoms with Crippen molar-refractivity contribution >= 4 is 0 Å². The highest BCUT2D eigenvalue weighted by atomic mass is 16.3. The van der Waals surface area contributed by atoms with Crippen LogP contribution in [0.5, 0.6) is 0 Å². The quantitative estimate of drug-likeness (QED) is 0.638. The van der Waals surface area contributed by atoms with E-state index in [4.69, 9.17) is 4.42 Å². The smallest absolute Gasteiger partial charge is 0.248 e. The zero-order valence-corrected chi connectivity index (χ0v) is 7.60. The fourth-order valence-electron chi connectivity index (χ4n) is 1.40. The molecular weight excluding hydrogens is 162 g/mol. The Morgan fingerprint density at radius 1 is 1.23 bits per heavy atom. The Morgan fingerprint density at radius 2 is 2.15 bits per heavy atom. The van der Waals surface area contributed by atoms with E-state index in [0.29, 0.717) is 0 Å². The van der Waals surface area contributed by atoms with Gasteiger partial charge in [0.2, 0.25) is 5.69 Å². The van der Waals surface area contributed by atoms with Crippen LogP contribution in [0.25, 0.3) is 11.5 Å². The fourth-order valence-corrected chi connectivity index (χ4v) is 1.40. The van der Waals surface area contributed by atoms with Crippen LogP contribution in [0.1, 0.15) is 6.92 Å². The monoisotopic (exact) mass is 174 g/mol. The van der Waals surface area contributed by atoms with Crippen LogP contribution < -0.4 is 4.57 Å². The van der Waals surface area contributed by atoms with Crippen molar-refractivity contribution in [3.63, 3.8) is 0 Å². The van der Waals surface area contributed by atoms with Crippen LogP contribution >= 0.6 is 0 Å². The second kappa shape index (κ2) is 3.44. The molecular formula is C11H12NO+. The summed E-state index contributed by atoms with van der Waals surface area (Å²) in [5, 5.41) is 0. The lowest BCUT2D eigenvalue weighted by Crippen LogP contribution is -2.33. The van der Waals surface area contributed by atoms with E-state index in [1.807, 2.05) is 24.3 Å². The molecule has 2 heterocycles. The highest BCUT2D eigenvalue weighted by Crippen LogP contribution is 2.14. The fraction of sp³-hybridized carbons (Fsp3) is 0.182. The molecule has 0 aliphatic heterocycles. The van der Waals surface area contributed by atoms with Gasteiger partial charge in [0, 0.05) is 12.1 Å². The Kier molecular flexibility index (Phi) is 2.13. The standard InChI is InChI=1S/C11H12NO/c1-2-12-8-4-3-6-10(12)11-7-5-9-13-11/h3-9H,2H2,1H3/q+1. The molecule has 2 aromatic rings. The van der Waals surface area contributed by atoms with E-state index in [9.17, 15) is 0 Å². The van der Waals surface area contributed by atoms with Crippen LogP contribution in [0.3, 0.4) is 0 Å². The number of pyridine rings is 1. The highest BCUT2D eigenvalue weighted by Gasteiger charge is 2.11. The Balaban J connectivity index is 2.51. The van der Waals surface area contributed by atoms with Crippen molar-refractivity contribution in [2.75, 3.05) is 0 Å². The van der Waals surface area contributed by atoms with Crippen LogP contribution in [-0.4, -0.2) is 0 Å². The van der Waals surface area contributed by atoms with Crippen molar-refractivity contribution in [2.24, 2.45) is 0 Å². The van der Waals surface area contributed by atoms with Gasteiger partial charge in [-0.25, -0.2) is 0 Å². The number of hydrogen-bond donors (Lipinski definition) is 0. The average Bonchev–Trinajstić information content (AvgIpc) is 2.70. The summed E-state index contributed by atoms with van der Waals surface area (Å²) in [6, 6.07) is 9.98. The second-order valence-electron chi connectivity index (χ2n) is 2.85. The van der Waals surface area contributed by atoms with Crippen molar-refractivity contribution < 1.29 is 8.98 Å². The highest BCUT2D eigenvalue weighted by molar-refractivity contribution is 5.47. The number of hydrogen-bond acceptors (Lipinski definition) is 1. The predicted molar refractivity (Wildman–Crippen MR) is 50.0 cm³/mol. The molecule has 2 heteroatoms. The molecule has 0 bridgehead atoms. The van der Waals surface area contributed by atoms with Gasteiger partial charge in [-0.3, -0.25) is 0 Å². The summed E-state index contributed by atoms with van der Waals surface area (Å²) >= 11 is 0. The Labute approximate surface area is 77.4 Å². The molecule has 0 aliphatic rings. The van der Waals surface area contributed by atoms with Crippen LogP contribution in [0.2, 0.25) is 0 Å². The van der Waals surface area contributed by atoms with Gasteiger partial charge in [-0.1, -0.05) is 0 Å². The van der Waals surface area contributed by atoms with Gasteiger partial charge in [-0.2, -0.15) is 4.57 Å². The number of aromatic nitrogens is 1. The first-order valence-electron chi connectivity index (χ1n) is 4.44.